The quantitative estimate of drug-likeness (QED) is 0.426. The molecular weight excluding hydrogens is 366 g/mol. The average molecular weight is 393 g/mol. The third-order valence-corrected chi connectivity index (χ3v) is 5.45. The zero-order valence-corrected chi connectivity index (χ0v) is 17.3. The van der Waals surface area contributed by atoms with Gasteiger partial charge in [0.15, 0.2) is 6.73 Å². The highest BCUT2D eigenvalue weighted by atomic mass is 16.5. The predicted octanol–water partition coefficient (Wildman–Crippen LogP) is 5.20. The number of aryl methyl sites for hydroxylation is 2. The minimum absolute atomic E-state index is 0.309. The molecule has 2 heterocycles. The molecule has 1 aliphatic rings. The SMILES string of the molecule is CCCCOc1ccc(N2COc3c(cc4c(CC)cc(=O)oc4c3C)C2)cc1. The fourth-order valence-electron chi connectivity index (χ4n) is 3.83. The third kappa shape index (κ3) is 3.82. The number of anilines is 1. The van der Waals surface area contributed by atoms with Crippen molar-refractivity contribution in [1.82, 2.24) is 0 Å². The molecule has 29 heavy (non-hydrogen) atoms. The van der Waals surface area contributed by atoms with E-state index in [0.29, 0.717) is 12.3 Å². The van der Waals surface area contributed by atoms with Gasteiger partial charge in [0.05, 0.1) is 6.61 Å². The number of benzene rings is 2. The van der Waals surface area contributed by atoms with Crippen LogP contribution in [0.2, 0.25) is 0 Å². The lowest BCUT2D eigenvalue weighted by molar-refractivity contribution is 0.287. The Morgan fingerprint density at radius 1 is 1.14 bits per heavy atom. The number of fused-ring (bicyclic) bond motifs is 2. The molecule has 5 heteroatoms. The van der Waals surface area contributed by atoms with E-state index in [1.54, 1.807) is 6.07 Å². The van der Waals surface area contributed by atoms with Crippen molar-refractivity contribution >= 4 is 16.7 Å². The smallest absolute Gasteiger partial charge is 0.336 e. The van der Waals surface area contributed by atoms with E-state index in [9.17, 15) is 4.79 Å². The fraction of sp³-hybridized carbons (Fsp3) is 0.375. The Labute approximate surface area is 170 Å². The van der Waals surface area contributed by atoms with Crippen molar-refractivity contribution in [3.8, 4) is 11.5 Å². The number of hydrogen-bond acceptors (Lipinski definition) is 5. The molecule has 0 aliphatic carbocycles. The molecule has 3 aromatic rings. The highest BCUT2D eigenvalue weighted by molar-refractivity contribution is 5.86. The first kappa shape index (κ1) is 19.4. The highest BCUT2D eigenvalue weighted by Gasteiger charge is 2.23. The summed E-state index contributed by atoms with van der Waals surface area (Å²) in [4.78, 5) is 14.1. The van der Waals surface area contributed by atoms with Crippen molar-refractivity contribution in [2.24, 2.45) is 0 Å². The number of ether oxygens (including phenoxy) is 2. The molecule has 0 N–H and O–H groups in total. The van der Waals surface area contributed by atoms with Crippen molar-refractivity contribution in [3.63, 3.8) is 0 Å². The van der Waals surface area contributed by atoms with Crippen LogP contribution in [0.15, 0.2) is 45.6 Å². The Hall–Kier alpha value is -2.95. The molecule has 0 saturated carbocycles. The van der Waals surface area contributed by atoms with Crippen LogP contribution >= 0.6 is 0 Å². The standard InChI is InChI=1S/C24H27NO4/c1-4-6-11-27-20-9-7-19(8-10-20)25-14-18-12-21-17(5-2)13-22(26)29-24(21)16(3)23(18)28-15-25/h7-10,12-13H,4-6,11,14-15H2,1-3H3. The molecule has 0 amide bonds. The monoisotopic (exact) mass is 393 g/mol. The topological polar surface area (TPSA) is 51.9 Å². The van der Waals surface area contributed by atoms with Crippen molar-refractivity contribution in [3.05, 3.63) is 63.5 Å². The fourth-order valence-corrected chi connectivity index (χ4v) is 3.83. The molecule has 1 aromatic heterocycles. The molecule has 0 bridgehead atoms. The van der Waals surface area contributed by atoms with Crippen LogP contribution in [0, 0.1) is 6.92 Å². The van der Waals surface area contributed by atoms with Gasteiger partial charge in [-0.3, -0.25) is 0 Å². The normalized spacial score (nSPS) is 13.3. The Balaban J connectivity index is 1.62. The van der Waals surface area contributed by atoms with Crippen LogP contribution in [0.3, 0.4) is 0 Å². The molecule has 152 valence electrons. The predicted molar refractivity (Wildman–Crippen MR) is 115 cm³/mol. The van der Waals surface area contributed by atoms with E-state index >= 15 is 0 Å². The van der Waals surface area contributed by atoms with Gasteiger partial charge in [0.1, 0.15) is 17.1 Å². The van der Waals surface area contributed by atoms with Gasteiger partial charge in [-0.25, -0.2) is 4.79 Å². The molecule has 0 atom stereocenters. The molecule has 4 rings (SSSR count). The molecule has 2 aromatic carbocycles. The molecule has 0 saturated heterocycles. The summed E-state index contributed by atoms with van der Waals surface area (Å²) in [6.45, 7) is 8.11. The van der Waals surface area contributed by atoms with Crippen molar-refractivity contribution in [1.29, 1.82) is 0 Å². The minimum atomic E-state index is -0.309. The Morgan fingerprint density at radius 3 is 2.66 bits per heavy atom. The molecule has 0 unspecified atom stereocenters. The van der Waals surface area contributed by atoms with Gasteiger partial charge in [-0.05, 0) is 55.7 Å². The second kappa shape index (κ2) is 8.19. The zero-order valence-electron chi connectivity index (χ0n) is 17.3. The van der Waals surface area contributed by atoms with E-state index in [1.165, 1.54) is 0 Å². The van der Waals surface area contributed by atoms with Gasteiger partial charge < -0.3 is 18.8 Å². The largest absolute Gasteiger partial charge is 0.494 e. The summed E-state index contributed by atoms with van der Waals surface area (Å²) in [6.07, 6.45) is 2.97. The van der Waals surface area contributed by atoms with Crippen LogP contribution in [-0.2, 0) is 13.0 Å². The number of hydrogen-bond donors (Lipinski definition) is 0. The average Bonchev–Trinajstić information content (AvgIpc) is 2.74. The molecule has 0 radical (unpaired) electrons. The third-order valence-electron chi connectivity index (χ3n) is 5.45. The molecule has 0 spiro atoms. The summed E-state index contributed by atoms with van der Waals surface area (Å²) < 4.78 is 17.3. The maximum absolute atomic E-state index is 11.9. The van der Waals surface area contributed by atoms with Gasteiger partial charge in [-0.2, -0.15) is 0 Å². The van der Waals surface area contributed by atoms with E-state index in [-0.39, 0.29) is 5.63 Å². The van der Waals surface area contributed by atoms with Crippen LogP contribution in [0.4, 0.5) is 5.69 Å². The summed E-state index contributed by atoms with van der Waals surface area (Å²) in [5.41, 5.74) is 4.42. The van der Waals surface area contributed by atoms with Gasteiger partial charge in [0.2, 0.25) is 0 Å². The van der Waals surface area contributed by atoms with Crippen molar-refractivity contribution in [2.45, 2.75) is 46.6 Å². The maximum Gasteiger partial charge on any atom is 0.336 e. The lowest BCUT2D eigenvalue weighted by Gasteiger charge is -2.32. The van der Waals surface area contributed by atoms with Gasteiger partial charge in [-0.1, -0.05) is 20.3 Å². The lowest BCUT2D eigenvalue weighted by atomic mass is 9.99. The second-order valence-electron chi connectivity index (χ2n) is 7.48. The van der Waals surface area contributed by atoms with E-state index in [0.717, 1.165) is 71.7 Å². The van der Waals surface area contributed by atoms with Gasteiger partial charge in [0, 0.05) is 34.8 Å². The minimum Gasteiger partial charge on any atom is -0.494 e. The van der Waals surface area contributed by atoms with Crippen molar-refractivity contribution < 1.29 is 13.9 Å². The van der Waals surface area contributed by atoms with E-state index < -0.39 is 0 Å². The summed E-state index contributed by atoms with van der Waals surface area (Å²) in [5, 5.41) is 0.994. The van der Waals surface area contributed by atoms with E-state index in [2.05, 4.69) is 36.9 Å². The Bertz CT molecular complexity index is 1070. The van der Waals surface area contributed by atoms with Gasteiger partial charge >= 0.3 is 5.63 Å². The molecule has 0 fully saturated rings. The lowest BCUT2D eigenvalue weighted by Crippen LogP contribution is -2.32. The highest BCUT2D eigenvalue weighted by Crippen LogP contribution is 2.37. The first-order valence-electron chi connectivity index (χ1n) is 10.3. The van der Waals surface area contributed by atoms with Crippen LogP contribution in [-0.4, -0.2) is 13.3 Å². The van der Waals surface area contributed by atoms with Crippen LogP contribution in [0.1, 0.15) is 43.4 Å². The maximum atomic E-state index is 11.9. The van der Waals surface area contributed by atoms with Crippen LogP contribution in [0.25, 0.3) is 11.0 Å². The molecule has 5 nitrogen and oxygen atoms in total. The van der Waals surface area contributed by atoms with Crippen molar-refractivity contribution in [2.75, 3.05) is 18.2 Å². The Morgan fingerprint density at radius 2 is 1.93 bits per heavy atom. The summed E-state index contributed by atoms with van der Waals surface area (Å²) >= 11 is 0. The van der Waals surface area contributed by atoms with Gasteiger partial charge in [-0.15, -0.1) is 0 Å². The summed E-state index contributed by atoms with van der Waals surface area (Å²) in [5.74, 6) is 1.72. The molecular formula is C24H27NO4. The Kier molecular flexibility index (Phi) is 5.47. The first-order chi connectivity index (χ1) is 14.1. The van der Waals surface area contributed by atoms with Gasteiger partial charge in [0.25, 0.3) is 0 Å². The molecule has 1 aliphatic heterocycles. The zero-order chi connectivity index (χ0) is 20.4. The van der Waals surface area contributed by atoms with Crippen LogP contribution in [0.5, 0.6) is 11.5 Å². The summed E-state index contributed by atoms with van der Waals surface area (Å²) in [7, 11) is 0. The first-order valence-corrected chi connectivity index (χ1v) is 10.3. The summed E-state index contributed by atoms with van der Waals surface area (Å²) in [6, 6.07) is 11.9. The van der Waals surface area contributed by atoms with E-state index in [4.69, 9.17) is 13.9 Å². The number of nitrogens with zero attached hydrogens (tertiary/aromatic N) is 1. The van der Waals surface area contributed by atoms with E-state index in [1.807, 2.05) is 19.1 Å². The number of unbranched alkanes of at least 4 members (excludes halogenated alkanes) is 1. The van der Waals surface area contributed by atoms with Crippen LogP contribution < -0.4 is 20.0 Å². The number of rotatable bonds is 6. The second-order valence-corrected chi connectivity index (χ2v) is 7.48.